The van der Waals surface area contributed by atoms with E-state index in [-0.39, 0.29) is 18.2 Å². The highest BCUT2D eigenvalue weighted by Crippen LogP contribution is 2.06. The standard InChI is InChI=1S/C10H16N2O3/c1-6(2)9(13)12-8(10(14)15)4-7(3)5-11/h6-8H,4H2,1-3H3,(H,12,13)(H,14,15)/t7-,8-/m0/s1. The Hall–Kier alpha value is -1.57. The van der Waals surface area contributed by atoms with E-state index in [0.717, 1.165) is 0 Å². The minimum absolute atomic E-state index is 0.129. The molecule has 5 nitrogen and oxygen atoms in total. The van der Waals surface area contributed by atoms with Gasteiger partial charge in [-0.2, -0.15) is 5.26 Å². The first kappa shape index (κ1) is 13.4. The number of amides is 1. The molecule has 0 spiro atoms. The van der Waals surface area contributed by atoms with Crippen molar-refractivity contribution in [2.45, 2.75) is 33.2 Å². The molecule has 0 saturated heterocycles. The van der Waals surface area contributed by atoms with Crippen LogP contribution < -0.4 is 5.32 Å². The summed E-state index contributed by atoms with van der Waals surface area (Å²) in [5.74, 6) is -2.07. The molecule has 1 amide bonds. The van der Waals surface area contributed by atoms with E-state index in [0.29, 0.717) is 0 Å². The van der Waals surface area contributed by atoms with Crippen molar-refractivity contribution in [2.75, 3.05) is 0 Å². The number of aliphatic carboxylic acids is 1. The van der Waals surface area contributed by atoms with E-state index in [4.69, 9.17) is 10.4 Å². The number of nitrogens with one attached hydrogen (secondary N) is 1. The molecular formula is C10H16N2O3. The molecule has 0 rings (SSSR count). The van der Waals surface area contributed by atoms with Gasteiger partial charge in [-0.15, -0.1) is 0 Å². The summed E-state index contributed by atoms with van der Waals surface area (Å²) < 4.78 is 0. The zero-order chi connectivity index (χ0) is 12.0. The highest BCUT2D eigenvalue weighted by molar-refractivity contribution is 5.84. The molecule has 0 radical (unpaired) electrons. The van der Waals surface area contributed by atoms with Crippen LogP contribution >= 0.6 is 0 Å². The van der Waals surface area contributed by atoms with Gasteiger partial charge < -0.3 is 10.4 Å². The molecule has 0 saturated carbocycles. The Morgan fingerprint density at radius 3 is 2.27 bits per heavy atom. The van der Waals surface area contributed by atoms with Crippen molar-refractivity contribution in [3.63, 3.8) is 0 Å². The Labute approximate surface area is 89.1 Å². The normalized spacial score (nSPS) is 14.1. The van der Waals surface area contributed by atoms with Crippen molar-refractivity contribution in [1.29, 1.82) is 5.26 Å². The second kappa shape index (κ2) is 6.02. The molecule has 0 aliphatic rings. The number of carbonyl (C=O) groups excluding carboxylic acids is 1. The lowest BCUT2D eigenvalue weighted by atomic mass is 10.0. The van der Waals surface area contributed by atoms with Crippen LogP contribution in [0.2, 0.25) is 0 Å². The molecule has 0 heterocycles. The van der Waals surface area contributed by atoms with Gasteiger partial charge in [-0.1, -0.05) is 13.8 Å². The van der Waals surface area contributed by atoms with Gasteiger partial charge in [0, 0.05) is 11.8 Å². The average molecular weight is 212 g/mol. The number of hydrogen-bond donors (Lipinski definition) is 2. The van der Waals surface area contributed by atoms with Crippen LogP contribution in [0.5, 0.6) is 0 Å². The zero-order valence-electron chi connectivity index (χ0n) is 9.15. The number of hydrogen-bond acceptors (Lipinski definition) is 3. The number of rotatable bonds is 5. The molecule has 15 heavy (non-hydrogen) atoms. The van der Waals surface area contributed by atoms with Crippen molar-refractivity contribution >= 4 is 11.9 Å². The maximum atomic E-state index is 11.3. The average Bonchev–Trinajstić information content (AvgIpc) is 2.15. The zero-order valence-corrected chi connectivity index (χ0v) is 9.15. The van der Waals surface area contributed by atoms with E-state index >= 15 is 0 Å². The fourth-order valence-electron chi connectivity index (χ4n) is 0.966. The number of nitrogens with zero attached hydrogens (tertiary/aromatic N) is 1. The predicted molar refractivity (Wildman–Crippen MR) is 53.8 cm³/mol. The third-order valence-electron chi connectivity index (χ3n) is 1.95. The van der Waals surface area contributed by atoms with Crippen molar-refractivity contribution in [2.24, 2.45) is 11.8 Å². The third-order valence-corrected chi connectivity index (χ3v) is 1.95. The molecule has 84 valence electrons. The van der Waals surface area contributed by atoms with Gasteiger partial charge in [-0.3, -0.25) is 4.79 Å². The van der Waals surface area contributed by atoms with Gasteiger partial charge >= 0.3 is 5.97 Å². The fourth-order valence-corrected chi connectivity index (χ4v) is 0.966. The van der Waals surface area contributed by atoms with Crippen LogP contribution in [0.15, 0.2) is 0 Å². The molecule has 0 unspecified atom stereocenters. The molecule has 0 aliphatic carbocycles. The number of carboxylic acids is 1. The predicted octanol–water partition coefficient (Wildman–Crippen LogP) is 0.762. The van der Waals surface area contributed by atoms with Gasteiger partial charge in [0.25, 0.3) is 0 Å². The van der Waals surface area contributed by atoms with Crippen LogP contribution in [-0.4, -0.2) is 23.0 Å². The highest BCUT2D eigenvalue weighted by atomic mass is 16.4. The molecule has 5 heteroatoms. The van der Waals surface area contributed by atoms with Gasteiger partial charge in [0.15, 0.2) is 0 Å². The van der Waals surface area contributed by atoms with Gasteiger partial charge in [-0.25, -0.2) is 4.79 Å². The minimum atomic E-state index is -1.11. The van der Waals surface area contributed by atoms with E-state index in [1.165, 1.54) is 0 Å². The summed E-state index contributed by atoms with van der Waals surface area (Å²) >= 11 is 0. The van der Waals surface area contributed by atoms with Crippen LogP contribution in [-0.2, 0) is 9.59 Å². The Morgan fingerprint density at radius 1 is 1.40 bits per heavy atom. The van der Waals surface area contributed by atoms with Crippen LogP contribution in [0.1, 0.15) is 27.2 Å². The lowest BCUT2D eigenvalue weighted by Crippen LogP contribution is -2.43. The summed E-state index contributed by atoms with van der Waals surface area (Å²) in [4.78, 5) is 22.1. The van der Waals surface area contributed by atoms with Crippen LogP contribution in [0, 0.1) is 23.2 Å². The molecular weight excluding hydrogens is 196 g/mol. The van der Waals surface area contributed by atoms with Gasteiger partial charge in [0.1, 0.15) is 6.04 Å². The van der Waals surface area contributed by atoms with E-state index < -0.39 is 17.9 Å². The van der Waals surface area contributed by atoms with Crippen molar-refractivity contribution < 1.29 is 14.7 Å². The molecule has 0 aromatic rings. The Morgan fingerprint density at radius 2 is 1.93 bits per heavy atom. The first-order valence-corrected chi connectivity index (χ1v) is 4.81. The number of carboxylic acid groups (broad SMARTS) is 1. The molecule has 0 bridgehead atoms. The molecule has 0 fully saturated rings. The molecule has 2 N–H and O–H groups in total. The van der Waals surface area contributed by atoms with Crippen molar-refractivity contribution in [3.8, 4) is 6.07 Å². The summed E-state index contributed by atoms with van der Waals surface area (Å²) in [6.45, 7) is 4.99. The second-order valence-corrected chi connectivity index (χ2v) is 3.82. The third kappa shape index (κ3) is 5.01. The summed E-state index contributed by atoms with van der Waals surface area (Å²) in [5.41, 5.74) is 0. The van der Waals surface area contributed by atoms with E-state index in [1.807, 2.05) is 6.07 Å². The first-order chi connectivity index (χ1) is 6.88. The fraction of sp³-hybridized carbons (Fsp3) is 0.700. The van der Waals surface area contributed by atoms with Gasteiger partial charge in [0.2, 0.25) is 5.91 Å². The largest absolute Gasteiger partial charge is 0.480 e. The van der Waals surface area contributed by atoms with Crippen LogP contribution in [0.3, 0.4) is 0 Å². The summed E-state index contributed by atoms with van der Waals surface area (Å²) in [6.07, 6.45) is 0.129. The number of carbonyl (C=O) groups is 2. The van der Waals surface area contributed by atoms with Crippen molar-refractivity contribution in [3.05, 3.63) is 0 Å². The first-order valence-electron chi connectivity index (χ1n) is 4.81. The summed E-state index contributed by atoms with van der Waals surface area (Å²) in [6, 6.07) is 0.961. The molecule has 0 aromatic heterocycles. The second-order valence-electron chi connectivity index (χ2n) is 3.82. The quantitative estimate of drug-likeness (QED) is 0.704. The van der Waals surface area contributed by atoms with Crippen LogP contribution in [0.25, 0.3) is 0 Å². The monoisotopic (exact) mass is 212 g/mol. The SMILES string of the molecule is CC(C)C(=O)N[C@@H](C[C@H](C)C#N)C(=O)O. The summed E-state index contributed by atoms with van der Waals surface area (Å²) in [7, 11) is 0. The lowest BCUT2D eigenvalue weighted by Gasteiger charge is -2.16. The number of nitriles is 1. The maximum Gasteiger partial charge on any atom is 0.326 e. The topological polar surface area (TPSA) is 90.2 Å². The van der Waals surface area contributed by atoms with Gasteiger partial charge in [-0.05, 0) is 13.3 Å². The lowest BCUT2D eigenvalue weighted by molar-refractivity contribution is -0.142. The Bertz CT molecular complexity index is 281. The minimum Gasteiger partial charge on any atom is -0.480 e. The summed E-state index contributed by atoms with van der Waals surface area (Å²) in [5, 5.41) is 19.8. The van der Waals surface area contributed by atoms with E-state index in [1.54, 1.807) is 20.8 Å². The highest BCUT2D eigenvalue weighted by Gasteiger charge is 2.23. The van der Waals surface area contributed by atoms with E-state index in [2.05, 4.69) is 5.32 Å². The smallest absolute Gasteiger partial charge is 0.326 e. The maximum absolute atomic E-state index is 11.3. The molecule has 0 aromatic carbocycles. The Balaban J connectivity index is 4.37. The van der Waals surface area contributed by atoms with Crippen LogP contribution in [0.4, 0.5) is 0 Å². The Kier molecular flexibility index (Phi) is 5.39. The molecule has 2 atom stereocenters. The van der Waals surface area contributed by atoms with E-state index in [9.17, 15) is 9.59 Å². The van der Waals surface area contributed by atoms with Crippen molar-refractivity contribution in [1.82, 2.24) is 5.32 Å². The molecule has 0 aliphatic heterocycles. The van der Waals surface area contributed by atoms with Gasteiger partial charge in [0.05, 0.1) is 6.07 Å².